The Hall–Kier alpha value is -2.64. The van der Waals surface area contributed by atoms with Gasteiger partial charge in [0.1, 0.15) is 11.6 Å². The minimum Gasteiger partial charge on any atom is -0.483 e. The van der Waals surface area contributed by atoms with Gasteiger partial charge in [0.25, 0.3) is 6.47 Å². The van der Waals surface area contributed by atoms with Gasteiger partial charge in [0.05, 0.1) is 25.0 Å². The Morgan fingerprint density at radius 1 is 1.29 bits per heavy atom. The average molecular weight is 465 g/mol. The Labute approximate surface area is 177 Å². The summed E-state index contributed by atoms with van der Waals surface area (Å²) in [6.07, 6.45) is -1.48. The van der Waals surface area contributed by atoms with Crippen LogP contribution in [0.15, 0.2) is 36.7 Å². The second-order valence-corrected chi connectivity index (χ2v) is 8.99. The van der Waals surface area contributed by atoms with E-state index in [2.05, 4.69) is 9.72 Å². The summed E-state index contributed by atoms with van der Waals surface area (Å²) < 4.78 is 73.8. The summed E-state index contributed by atoms with van der Waals surface area (Å²) in [5, 5.41) is 6.89. The van der Waals surface area contributed by atoms with Gasteiger partial charge in [-0.05, 0) is 24.3 Å². The summed E-state index contributed by atoms with van der Waals surface area (Å²) in [7, 11) is -0.451. The van der Waals surface area contributed by atoms with Crippen molar-refractivity contribution in [3.05, 3.63) is 36.7 Å². The van der Waals surface area contributed by atoms with Crippen molar-refractivity contribution in [2.24, 2.45) is 5.92 Å². The summed E-state index contributed by atoms with van der Waals surface area (Å²) in [6.45, 7) is 0.375. The van der Waals surface area contributed by atoms with E-state index in [0.29, 0.717) is 24.6 Å². The number of sulfonamides is 1. The summed E-state index contributed by atoms with van der Waals surface area (Å²) in [5.74, 6) is -0.149. The molecule has 0 unspecified atom stereocenters. The molecule has 2 atom stereocenters. The maximum atomic E-state index is 12.3. The molecular formula is C18H22F3N3O6S. The van der Waals surface area contributed by atoms with Crippen LogP contribution >= 0.6 is 0 Å². The minimum atomic E-state index is -4.76. The second kappa shape index (κ2) is 10.1. The number of rotatable bonds is 6. The summed E-state index contributed by atoms with van der Waals surface area (Å²) in [5.41, 5.74) is 0.584. The molecule has 13 heteroatoms. The van der Waals surface area contributed by atoms with Crippen molar-refractivity contribution in [3.8, 4) is 17.1 Å². The molecule has 3 rings (SSSR count). The molecular weight excluding hydrogens is 443 g/mol. The van der Waals surface area contributed by atoms with Crippen LogP contribution < -0.4 is 4.74 Å². The van der Waals surface area contributed by atoms with Gasteiger partial charge in [-0.3, -0.25) is 4.79 Å². The van der Waals surface area contributed by atoms with Gasteiger partial charge in [-0.1, -0.05) is 0 Å². The first-order valence-electron chi connectivity index (χ1n) is 8.93. The lowest BCUT2D eigenvalue weighted by atomic mass is 10.1. The topological polar surface area (TPSA) is 111 Å². The number of aromatic nitrogens is 2. The Morgan fingerprint density at radius 3 is 2.45 bits per heavy atom. The highest BCUT2D eigenvalue weighted by Gasteiger charge is 2.35. The van der Waals surface area contributed by atoms with Crippen molar-refractivity contribution in [2.75, 3.05) is 33.1 Å². The number of carbonyl (C=O) groups is 1. The van der Waals surface area contributed by atoms with Gasteiger partial charge in [-0.2, -0.15) is 0 Å². The third kappa shape index (κ3) is 6.67. The van der Waals surface area contributed by atoms with E-state index in [1.807, 2.05) is 4.57 Å². The van der Waals surface area contributed by atoms with E-state index in [9.17, 15) is 21.6 Å². The molecule has 1 aromatic carbocycles. The van der Waals surface area contributed by atoms with Crippen LogP contribution in [0.25, 0.3) is 11.4 Å². The number of carboxylic acid groups (broad SMARTS) is 1. The predicted octanol–water partition coefficient (Wildman–Crippen LogP) is 2.23. The number of ether oxygens (including phenoxy) is 2. The van der Waals surface area contributed by atoms with Gasteiger partial charge < -0.3 is 19.1 Å². The number of nitrogens with zero attached hydrogens (tertiary/aromatic N) is 3. The zero-order chi connectivity index (χ0) is 23.2. The van der Waals surface area contributed by atoms with E-state index < -0.39 is 16.4 Å². The second-order valence-electron chi connectivity index (χ2n) is 6.76. The Morgan fingerprint density at radius 2 is 1.90 bits per heavy atom. The number of hydrogen-bond acceptors (Lipinski definition) is 6. The van der Waals surface area contributed by atoms with E-state index in [4.69, 9.17) is 14.6 Å². The van der Waals surface area contributed by atoms with Crippen LogP contribution in [-0.2, 0) is 19.6 Å². The molecule has 0 radical (unpaired) electrons. The summed E-state index contributed by atoms with van der Waals surface area (Å²) in [6, 6.07) is 5.11. The van der Waals surface area contributed by atoms with Crippen molar-refractivity contribution < 1.29 is 41.0 Å². The van der Waals surface area contributed by atoms with Crippen molar-refractivity contribution >= 4 is 16.5 Å². The molecule has 1 aliphatic heterocycles. The van der Waals surface area contributed by atoms with Crippen LogP contribution in [0, 0.1) is 5.92 Å². The fraction of sp³-hybridized carbons (Fsp3) is 0.444. The average Bonchev–Trinajstić information content (AvgIpc) is 3.30. The molecule has 172 valence electrons. The van der Waals surface area contributed by atoms with Gasteiger partial charge in [0, 0.05) is 38.0 Å². The molecule has 1 saturated heterocycles. The highest BCUT2D eigenvalue weighted by Crippen LogP contribution is 2.32. The number of imidazole rings is 1. The van der Waals surface area contributed by atoms with Gasteiger partial charge in [-0.25, -0.2) is 17.7 Å². The Balaban J connectivity index is 0.00000107. The van der Waals surface area contributed by atoms with E-state index in [1.165, 1.54) is 42.7 Å². The first-order valence-corrected chi connectivity index (χ1v) is 10.5. The predicted molar refractivity (Wildman–Crippen MR) is 104 cm³/mol. The standard InChI is InChI=1S/C17H20F3N3O4S.CH2O2/c1-22(2)28(24,25)11-13-9-26-10-15(13)23-8-7-21-16(23)12-3-5-14(6-4-12)27-17(18,19)20;2-1-3/h3-8,13,15H,9-11H2,1-2H3;1H,(H,2,3)/t13-,15-;/m1./s1. The molecule has 2 aromatic rings. The lowest BCUT2D eigenvalue weighted by Gasteiger charge is -2.22. The van der Waals surface area contributed by atoms with Crippen LogP contribution in [0.2, 0.25) is 0 Å². The molecule has 0 bridgehead atoms. The normalized spacial score (nSPS) is 19.0. The largest absolute Gasteiger partial charge is 0.573 e. The van der Waals surface area contributed by atoms with E-state index in [0.717, 1.165) is 0 Å². The third-order valence-corrected chi connectivity index (χ3v) is 6.48. The Bertz CT molecular complexity index is 961. The molecule has 0 spiro atoms. The van der Waals surface area contributed by atoms with Crippen LogP contribution in [0.5, 0.6) is 5.75 Å². The van der Waals surface area contributed by atoms with Gasteiger partial charge in [0.2, 0.25) is 10.0 Å². The number of halogens is 3. The monoisotopic (exact) mass is 465 g/mol. The molecule has 2 heterocycles. The quantitative estimate of drug-likeness (QED) is 0.652. The molecule has 1 N–H and O–H groups in total. The summed E-state index contributed by atoms with van der Waals surface area (Å²) >= 11 is 0. The molecule has 31 heavy (non-hydrogen) atoms. The molecule has 0 aliphatic carbocycles. The minimum absolute atomic E-state index is 0.0688. The van der Waals surface area contributed by atoms with Crippen LogP contribution in [0.3, 0.4) is 0 Å². The van der Waals surface area contributed by atoms with Crippen LogP contribution in [-0.4, -0.2) is 73.3 Å². The van der Waals surface area contributed by atoms with Crippen molar-refractivity contribution in [1.82, 2.24) is 13.9 Å². The third-order valence-electron chi connectivity index (χ3n) is 4.52. The van der Waals surface area contributed by atoms with E-state index in [1.54, 1.807) is 12.4 Å². The summed E-state index contributed by atoms with van der Waals surface area (Å²) in [4.78, 5) is 12.6. The molecule has 9 nitrogen and oxygen atoms in total. The number of hydrogen-bond donors (Lipinski definition) is 1. The molecule has 1 aromatic heterocycles. The van der Waals surface area contributed by atoms with Crippen LogP contribution in [0.4, 0.5) is 13.2 Å². The number of benzene rings is 1. The van der Waals surface area contributed by atoms with E-state index in [-0.39, 0.29) is 29.9 Å². The lowest BCUT2D eigenvalue weighted by molar-refractivity contribution is -0.274. The lowest BCUT2D eigenvalue weighted by Crippen LogP contribution is -2.32. The first-order chi connectivity index (χ1) is 14.5. The number of alkyl halides is 3. The molecule has 0 saturated carbocycles. The SMILES string of the molecule is CN(C)S(=O)(=O)C[C@H]1COC[C@H]1n1ccnc1-c1ccc(OC(F)(F)F)cc1.O=CO. The highest BCUT2D eigenvalue weighted by atomic mass is 32.2. The smallest absolute Gasteiger partial charge is 0.483 e. The fourth-order valence-corrected chi connectivity index (χ4v) is 4.24. The van der Waals surface area contributed by atoms with Crippen molar-refractivity contribution in [3.63, 3.8) is 0 Å². The Kier molecular flexibility index (Phi) is 8.03. The van der Waals surface area contributed by atoms with Gasteiger partial charge >= 0.3 is 6.36 Å². The molecule has 1 aliphatic rings. The molecule has 0 amide bonds. The maximum Gasteiger partial charge on any atom is 0.573 e. The zero-order valence-corrected chi connectivity index (χ0v) is 17.5. The highest BCUT2D eigenvalue weighted by molar-refractivity contribution is 7.89. The van der Waals surface area contributed by atoms with Gasteiger partial charge in [-0.15, -0.1) is 13.2 Å². The zero-order valence-electron chi connectivity index (χ0n) is 16.7. The van der Waals surface area contributed by atoms with Crippen LogP contribution in [0.1, 0.15) is 6.04 Å². The van der Waals surface area contributed by atoms with E-state index >= 15 is 0 Å². The first kappa shape index (κ1) is 24.6. The fourth-order valence-electron chi connectivity index (χ4n) is 3.08. The van der Waals surface area contributed by atoms with Crippen molar-refractivity contribution in [1.29, 1.82) is 0 Å². The maximum absolute atomic E-state index is 12.3. The van der Waals surface area contributed by atoms with Crippen molar-refractivity contribution in [2.45, 2.75) is 12.4 Å². The molecule has 1 fully saturated rings. The van der Waals surface area contributed by atoms with Gasteiger partial charge in [0.15, 0.2) is 0 Å².